The highest BCUT2D eigenvalue weighted by atomic mass is 14.9. The molecule has 0 saturated heterocycles. The minimum absolute atomic E-state index is 0.0828. The van der Waals surface area contributed by atoms with E-state index in [1.54, 1.807) is 0 Å². The van der Waals surface area contributed by atoms with Gasteiger partial charge in [-0.3, -0.25) is 0 Å². The predicted octanol–water partition coefficient (Wildman–Crippen LogP) is 3.26. The zero-order valence-electron chi connectivity index (χ0n) is 10.8. The number of imidazole rings is 1. The predicted molar refractivity (Wildman–Crippen MR) is 71.9 cm³/mol. The molecule has 0 aliphatic heterocycles. The number of benzene rings is 1. The molecule has 2 rings (SSSR count). The number of nitrogens with one attached hydrogen (secondary N) is 1. The van der Waals surface area contributed by atoms with E-state index in [-0.39, 0.29) is 5.41 Å². The number of aromatic amines is 1. The highest BCUT2D eigenvalue weighted by Gasteiger charge is 2.17. The van der Waals surface area contributed by atoms with Crippen LogP contribution < -0.4 is 5.73 Å². The second kappa shape index (κ2) is 3.91. The number of nitrogens with zero attached hydrogens (tertiary/aromatic N) is 1. The Morgan fingerprint density at radius 1 is 1.24 bits per heavy atom. The molecule has 0 radical (unpaired) electrons. The van der Waals surface area contributed by atoms with E-state index in [1.165, 1.54) is 0 Å². The van der Waals surface area contributed by atoms with Crippen LogP contribution in [0.1, 0.15) is 32.0 Å². The summed E-state index contributed by atoms with van der Waals surface area (Å²) in [6, 6.07) is 5.90. The van der Waals surface area contributed by atoms with Gasteiger partial charge in [0, 0.05) is 28.6 Å². The van der Waals surface area contributed by atoms with E-state index < -0.39 is 0 Å². The van der Waals surface area contributed by atoms with Gasteiger partial charge in [-0.25, -0.2) is 4.98 Å². The minimum Gasteiger partial charge on any atom is -0.398 e. The molecule has 1 aromatic heterocycles. The summed E-state index contributed by atoms with van der Waals surface area (Å²) in [5, 5.41) is 0. The first-order valence-electron chi connectivity index (χ1n) is 5.80. The highest BCUT2D eigenvalue weighted by molar-refractivity contribution is 5.68. The van der Waals surface area contributed by atoms with Crippen molar-refractivity contribution < 1.29 is 0 Å². The van der Waals surface area contributed by atoms with Crippen molar-refractivity contribution in [3.05, 3.63) is 35.7 Å². The average Bonchev–Trinajstić information content (AvgIpc) is 2.70. The van der Waals surface area contributed by atoms with E-state index in [0.717, 1.165) is 28.3 Å². The lowest BCUT2D eigenvalue weighted by atomic mass is 9.93. The fourth-order valence-electron chi connectivity index (χ4n) is 1.75. The molecular weight excluding hydrogens is 210 g/mol. The molecule has 0 saturated carbocycles. The Morgan fingerprint density at radius 2 is 1.94 bits per heavy atom. The third-order valence-electron chi connectivity index (χ3n) is 3.01. The van der Waals surface area contributed by atoms with E-state index in [0.29, 0.717) is 0 Å². The molecule has 0 amide bonds. The van der Waals surface area contributed by atoms with Gasteiger partial charge in [-0.05, 0) is 18.6 Å². The maximum atomic E-state index is 5.91. The highest BCUT2D eigenvalue weighted by Crippen LogP contribution is 2.27. The summed E-state index contributed by atoms with van der Waals surface area (Å²) in [5.74, 6) is 0.889. The van der Waals surface area contributed by atoms with Crippen LogP contribution in [0.5, 0.6) is 0 Å². The minimum atomic E-state index is 0.0828. The zero-order valence-corrected chi connectivity index (χ0v) is 10.8. The Labute approximate surface area is 102 Å². The molecule has 0 fully saturated rings. The van der Waals surface area contributed by atoms with Gasteiger partial charge in [-0.15, -0.1) is 0 Å². The van der Waals surface area contributed by atoms with Crippen LogP contribution in [-0.4, -0.2) is 9.97 Å². The Hall–Kier alpha value is -1.77. The van der Waals surface area contributed by atoms with E-state index in [9.17, 15) is 0 Å². The first kappa shape index (κ1) is 11.7. The normalized spacial score (nSPS) is 11.8. The van der Waals surface area contributed by atoms with Crippen molar-refractivity contribution in [1.29, 1.82) is 0 Å². The summed E-state index contributed by atoms with van der Waals surface area (Å²) in [6.45, 7) is 8.51. The number of anilines is 1. The Balaban J connectivity index is 2.48. The molecule has 17 heavy (non-hydrogen) atoms. The van der Waals surface area contributed by atoms with Crippen LogP contribution in [0.25, 0.3) is 11.4 Å². The van der Waals surface area contributed by atoms with Crippen LogP contribution in [0.2, 0.25) is 0 Å². The van der Waals surface area contributed by atoms with Gasteiger partial charge in [0.1, 0.15) is 5.82 Å². The molecule has 0 aliphatic carbocycles. The quantitative estimate of drug-likeness (QED) is 0.737. The van der Waals surface area contributed by atoms with E-state index in [4.69, 9.17) is 5.73 Å². The molecule has 0 aliphatic rings. The number of aromatic nitrogens is 2. The number of hydrogen-bond acceptors (Lipinski definition) is 2. The molecule has 0 unspecified atom stereocenters. The molecule has 3 nitrogen and oxygen atoms in total. The lowest BCUT2D eigenvalue weighted by Gasteiger charge is -2.15. The fraction of sp³-hybridized carbons (Fsp3) is 0.357. The largest absolute Gasteiger partial charge is 0.398 e. The van der Waals surface area contributed by atoms with Crippen LogP contribution in [0.15, 0.2) is 24.4 Å². The van der Waals surface area contributed by atoms with Crippen molar-refractivity contribution in [3.63, 3.8) is 0 Å². The molecule has 1 aromatic carbocycles. The fourth-order valence-corrected chi connectivity index (χ4v) is 1.75. The second-order valence-electron chi connectivity index (χ2n) is 5.42. The van der Waals surface area contributed by atoms with Crippen molar-refractivity contribution in [2.45, 2.75) is 33.1 Å². The van der Waals surface area contributed by atoms with Crippen LogP contribution in [0.3, 0.4) is 0 Å². The van der Waals surface area contributed by atoms with Crippen LogP contribution in [0.4, 0.5) is 5.69 Å². The van der Waals surface area contributed by atoms with Gasteiger partial charge in [-0.2, -0.15) is 0 Å². The van der Waals surface area contributed by atoms with Gasteiger partial charge in [-0.1, -0.05) is 32.9 Å². The summed E-state index contributed by atoms with van der Waals surface area (Å²) in [7, 11) is 0. The molecule has 3 heteroatoms. The van der Waals surface area contributed by atoms with Crippen molar-refractivity contribution in [1.82, 2.24) is 9.97 Å². The number of nitrogen functional groups attached to an aromatic ring is 1. The lowest BCUT2D eigenvalue weighted by Crippen LogP contribution is -2.11. The number of H-pyrrole nitrogens is 1. The Bertz CT molecular complexity index is 533. The van der Waals surface area contributed by atoms with Crippen molar-refractivity contribution in [2.75, 3.05) is 5.73 Å². The van der Waals surface area contributed by atoms with E-state index in [2.05, 4.69) is 30.7 Å². The number of hydrogen-bond donors (Lipinski definition) is 2. The molecule has 1 heterocycles. The first-order chi connectivity index (χ1) is 7.89. The molecule has 2 aromatic rings. The maximum Gasteiger partial charge on any atom is 0.137 e. The third-order valence-corrected chi connectivity index (χ3v) is 3.01. The van der Waals surface area contributed by atoms with Crippen LogP contribution in [-0.2, 0) is 5.41 Å². The molecule has 90 valence electrons. The van der Waals surface area contributed by atoms with E-state index in [1.807, 2.05) is 31.3 Å². The first-order valence-corrected chi connectivity index (χ1v) is 5.80. The average molecular weight is 229 g/mol. The molecule has 0 atom stereocenters. The lowest BCUT2D eigenvalue weighted by molar-refractivity contribution is 0.573. The molecule has 0 bridgehead atoms. The molecule has 3 N–H and O–H groups in total. The summed E-state index contributed by atoms with van der Waals surface area (Å²) < 4.78 is 0. The van der Waals surface area contributed by atoms with E-state index >= 15 is 0 Å². The molecular formula is C14H19N3. The number of nitrogens with two attached hydrogens (primary N) is 1. The maximum absolute atomic E-state index is 5.91. The van der Waals surface area contributed by atoms with Gasteiger partial charge in [0.2, 0.25) is 0 Å². The zero-order chi connectivity index (χ0) is 12.6. The van der Waals surface area contributed by atoms with Crippen molar-refractivity contribution >= 4 is 5.69 Å². The molecule has 0 spiro atoms. The standard InChI is InChI=1S/C14H19N3/c1-9-10(6-5-7-11(9)15)13-16-8-12(17-13)14(2,3)4/h5-8H,15H2,1-4H3,(H,16,17). The van der Waals surface area contributed by atoms with Gasteiger partial charge in [0.25, 0.3) is 0 Å². The van der Waals surface area contributed by atoms with Gasteiger partial charge >= 0.3 is 0 Å². The topological polar surface area (TPSA) is 54.7 Å². The van der Waals surface area contributed by atoms with Crippen LogP contribution >= 0.6 is 0 Å². The summed E-state index contributed by atoms with van der Waals surface area (Å²) >= 11 is 0. The van der Waals surface area contributed by atoms with Crippen LogP contribution in [0, 0.1) is 6.92 Å². The second-order valence-corrected chi connectivity index (χ2v) is 5.42. The van der Waals surface area contributed by atoms with Crippen molar-refractivity contribution in [3.8, 4) is 11.4 Å². The SMILES string of the molecule is Cc1c(N)cccc1-c1ncc(C(C)(C)C)[nH]1. The summed E-state index contributed by atoms with van der Waals surface area (Å²) in [6.07, 6.45) is 1.90. The monoisotopic (exact) mass is 229 g/mol. The Morgan fingerprint density at radius 3 is 2.53 bits per heavy atom. The van der Waals surface area contributed by atoms with Gasteiger partial charge in [0.15, 0.2) is 0 Å². The number of rotatable bonds is 1. The third kappa shape index (κ3) is 2.18. The van der Waals surface area contributed by atoms with Crippen molar-refractivity contribution in [2.24, 2.45) is 0 Å². The summed E-state index contributed by atoms with van der Waals surface area (Å²) in [5.41, 5.74) is 10.1. The Kier molecular flexibility index (Phi) is 2.69. The van der Waals surface area contributed by atoms with Gasteiger partial charge < -0.3 is 10.7 Å². The summed E-state index contributed by atoms with van der Waals surface area (Å²) in [4.78, 5) is 7.81. The smallest absolute Gasteiger partial charge is 0.137 e. The van der Waals surface area contributed by atoms with Gasteiger partial charge in [0.05, 0.1) is 0 Å².